The van der Waals surface area contributed by atoms with Crippen molar-refractivity contribution in [1.29, 1.82) is 0 Å². The van der Waals surface area contributed by atoms with Crippen LogP contribution in [0.3, 0.4) is 0 Å². The van der Waals surface area contributed by atoms with Gasteiger partial charge < -0.3 is 10.2 Å². The smallest absolute Gasteiger partial charge is 0.256 e. The Morgan fingerprint density at radius 1 is 1.28 bits per heavy atom. The second kappa shape index (κ2) is 7.67. The molecule has 3 rings (SSSR count). The Kier molecular flexibility index (Phi) is 5.54. The molecule has 134 valence electrons. The van der Waals surface area contributed by atoms with Crippen LogP contribution in [-0.2, 0) is 6.54 Å². The molecule has 1 amide bonds. The van der Waals surface area contributed by atoms with Gasteiger partial charge in [-0.25, -0.2) is 4.39 Å². The van der Waals surface area contributed by atoms with Crippen LogP contribution in [0.25, 0.3) is 0 Å². The van der Waals surface area contributed by atoms with Gasteiger partial charge in [0.15, 0.2) is 0 Å². The highest BCUT2D eigenvalue weighted by atomic mass is 32.1. The number of quaternary nitrogens is 1. The molecule has 1 unspecified atom stereocenters. The maximum Gasteiger partial charge on any atom is 0.256 e. The first-order valence-corrected chi connectivity index (χ1v) is 9.77. The third-order valence-electron chi connectivity index (χ3n) is 5.33. The van der Waals surface area contributed by atoms with Gasteiger partial charge in [0.1, 0.15) is 17.4 Å². The number of aryl methyl sites for hydroxylation is 1. The molecule has 1 saturated heterocycles. The Labute approximate surface area is 152 Å². The molecule has 1 aliphatic rings. The molecule has 25 heavy (non-hydrogen) atoms. The number of anilines is 1. The van der Waals surface area contributed by atoms with Gasteiger partial charge in [0, 0.05) is 16.0 Å². The lowest BCUT2D eigenvalue weighted by molar-refractivity contribution is -0.941. The van der Waals surface area contributed by atoms with Crippen molar-refractivity contribution in [1.82, 2.24) is 0 Å². The first-order chi connectivity index (χ1) is 12.0. The lowest BCUT2D eigenvalue weighted by Crippen LogP contribution is -3.14. The number of carbonyl (C=O) groups excluding carboxylic acids is 1. The van der Waals surface area contributed by atoms with Crippen LogP contribution in [0.1, 0.15) is 52.5 Å². The number of benzene rings is 1. The van der Waals surface area contributed by atoms with E-state index in [1.54, 1.807) is 16.2 Å². The summed E-state index contributed by atoms with van der Waals surface area (Å²) in [5.41, 5.74) is 3.01. The van der Waals surface area contributed by atoms with E-state index in [-0.39, 0.29) is 11.7 Å². The molecular weight excluding hydrogens is 335 g/mol. The third-order valence-corrected chi connectivity index (χ3v) is 6.49. The van der Waals surface area contributed by atoms with Crippen LogP contribution in [0.2, 0.25) is 0 Å². The van der Waals surface area contributed by atoms with Crippen molar-refractivity contribution in [3.63, 3.8) is 0 Å². The summed E-state index contributed by atoms with van der Waals surface area (Å²) >= 11 is 1.64. The van der Waals surface area contributed by atoms with Gasteiger partial charge in [-0.3, -0.25) is 4.79 Å². The second-order valence-electron chi connectivity index (χ2n) is 7.03. The van der Waals surface area contributed by atoms with Crippen LogP contribution in [0, 0.1) is 19.7 Å². The Hall–Kier alpha value is -1.72. The lowest BCUT2D eigenvalue weighted by atomic mass is 10.0. The van der Waals surface area contributed by atoms with E-state index in [0.717, 1.165) is 11.5 Å². The molecule has 5 heteroatoms. The first kappa shape index (κ1) is 18.1. The summed E-state index contributed by atoms with van der Waals surface area (Å²) in [4.78, 5) is 15.4. The summed E-state index contributed by atoms with van der Waals surface area (Å²) in [5, 5.41) is 4.00. The number of piperidine rings is 1. The monoisotopic (exact) mass is 361 g/mol. The summed E-state index contributed by atoms with van der Waals surface area (Å²) in [6.45, 7) is 8.71. The van der Waals surface area contributed by atoms with Gasteiger partial charge >= 0.3 is 0 Å². The van der Waals surface area contributed by atoms with Crippen LogP contribution < -0.4 is 10.2 Å². The predicted molar refractivity (Wildman–Crippen MR) is 101 cm³/mol. The molecule has 0 bridgehead atoms. The van der Waals surface area contributed by atoms with Crippen LogP contribution in [-0.4, -0.2) is 18.5 Å². The lowest BCUT2D eigenvalue weighted by Gasteiger charge is -2.30. The van der Waals surface area contributed by atoms with Gasteiger partial charge in [0.05, 0.1) is 12.6 Å². The molecule has 1 aromatic heterocycles. The summed E-state index contributed by atoms with van der Waals surface area (Å²) in [5.74, 6) is -0.507. The van der Waals surface area contributed by atoms with E-state index < -0.39 is 0 Å². The minimum absolute atomic E-state index is 0.177. The fourth-order valence-corrected chi connectivity index (χ4v) is 4.58. The van der Waals surface area contributed by atoms with E-state index in [1.807, 2.05) is 0 Å². The highest BCUT2D eigenvalue weighted by Gasteiger charge is 2.25. The number of rotatable bonds is 4. The zero-order valence-corrected chi connectivity index (χ0v) is 15.9. The minimum Gasteiger partial charge on any atom is -0.329 e. The maximum absolute atomic E-state index is 13.1. The third kappa shape index (κ3) is 4.10. The molecule has 0 radical (unpaired) electrons. The molecule has 0 spiro atoms. The number of thiophene rings is 1. The topological polar surface area (TPSA) is 33.5 Å². The standard InChI is InChI=1S/C20H25FN2OS/c1-13-6-4-5-11-23(13)12-18-14(2)15(3)25-20(18)22-19(24)16-7-9-17(21)10-8-16/h7-10,13H,4-6,11-12H2,1-3H3,(H,22,24)/p+1/t13-/m0/s1. The summed E-state index contributed by atoms with van der Waals surface area (Å²) in [6.07, 6.45) is 3.87. The van der Waals surface area contributed by atoms with E-state index in [1.165, 1.54) is 66.1 Å². The normalized spacial score (nSPS) is 20.5. The fourth-order valence-electron chi connectivity index (χ4n) is 3.51. The predicted octanol–water partition coefficient (Wildman–Crippen LogP) is 3.71. The van der Waals surface area contributed by atoms with Crippen molar-refractivity contribution in [2.24, 2.45) is 0 Å². The average Bonchev–Trinajstić information content (AvgIpc) is 2.85. The van der Waals surface area contributed by atoms with Crippen LogP contribution in [0.4, 0.5) is 9.39 Å². The molecule has 1 fully saturated rings. The number of amides is 1. The second-order valence-corrected chi connectivity index (χ2v) is 8.26. The number of halogens is 1. The van der Waals surface area contributed by atoms with E-state index in [4.69, 9.17) is 0 Å². The van der Waals surface area contributed by atoms with Gasteiger partial charge in [-0.2, -0.15) is 0 Å². The molecule has 1 aromatic carbocycles. The van der Waals surface area contributed by atoms with E-state index >= 15 is 0 Å². The average molecular weight is 362 g/mol. The Morgan fingerprint density at radius 2 is 2.00 bits per heavy atom. The van der Waals surface area contributed by atoms with Crippen molar-refractivity contribution in [3.05, 3.63) is 51.7 Å². The van der Waals surface area contributed by atoms with Crippen LogP contribution >= 0.6 is 11.3 Å². The largest absolute Gasteiger partial charge is 0.329 e. The number of hydrogen-bond acceptors (Lipinski definition) is 2. The van der Waals surface area contributed by atoms with Crippen molar-refractivity contribution in [3.8, 4) is 0 Å². The van der Waals surface area contributed by atoms with E-state index in [9.17, 15) is 9.18 Å². The molecule has 2 N–H and O–H groups in total. The van der Waals surface area contributed by atoms with Crippen LogP contribution in [0.5, 0.6) is 0 Å². The number of hydrogen-bond donors (Lipinski definition) is 2. The van der Waals surface area contributed by atoms with Gasteiger partial charge in [0.2, 0.25) is 0 Å². The van der Waals surface area contributed by atoms with Crippen molar-refractivity contribution >= 4 is 22.2 Å². The molecule has 3 nitrogen and oxygen atoms in total. The quantitative estimate of drug-likeness (QED) is 0.855. The van der Waals surface area contributed by atoms with Crippen molar-refractivity contribution in [2.75, 3.05) is 11.9 Å². The highest BCUT2D eigenvalue weighted by Crippen LogP contribution is 2.32. The Balaban J connectivity index is 1.80. The van der Waals surface area contributed by atoms with E-state index in [0.29, 0.717) is 11.6 Å². The zero-order valence-electron chi connectivity index (χ0n) is 15.1. The number of carbonyl (C=O) groups is 1. The first-order valence-electron chi connectivity index (χ1n) is 8.96. The Bertz CT molecular complexity index is 754. The van der Waals surface area contributed by atoms with Gasteiger partial charge in [-0.1, -0.05) is 0 Å². The summed E-state index contributed by atoms with van der Waals surface area (Å²) in [6, 6.07) is 6.35. The summed E-state index contributed by atoms with van der Waals surface area (Å²) in [7, 11) is 0. The SMILES string of the molecule is Cc1sc(NC(=O)c2ccc(F)cc2)c(C[NH+]2CCCC[C@@H]2C)c1C. The minimum atomic E-state index is -0.331. The van der Waals surface area contributed by atoms with E-state index in [2.05, 4.69) is 26.1 Å². The summed E-state index contributed by atoms with van der Waals surface area (Å²) < 4.78 is 13.1. The molecule has 1 aliphatic heterocycles. The zero-order chi connectivity index (χ0) is 18.0. The van der Waals surface area contributed by atoms with Gasteiger partial charge in [-0.15, -0.1) is 11.3 Å². The molecule has 0 aliphatic carbocycles. The Morgan fingerprint density at radius 3 is 2.68 bits per heavy atom. The number of likely N-dealkylation sites (tertiary alicyclic amines) is 1. The van der Waals surface area contributed by atoms with Gasteiger partial charge in [-0.05, 0) is 69.9 Å². The van der Waals surface area contributed by atoms with Crippen molar-refractivity contribution < 1.29 is 14.1 Å². The molecule has 2 aromatic rings. The molecular formula is C20H26FN2OS+. The van der Waals surface area contributed by atoms with Crippen LogP contribution in [0.15, 0.2) is 24.3 Å². The van der Waals surface area contributed by atoms with Crippen molar-refractivity contribution in [2.45, 2.75) is 52.6 Å². The molecule has 2 atom stereocenters. The molecule has 0 saturated carbocycles. The maximum atomic E-state index is 13.1. The number of nitrogens with one attached hydrogen (secondary N) is 2. The fraction of sp³-hybridized carbons (Fsp3) is 0.450. The molecule has 2 heterocycles. The highest BCUT2D eigenvalue weighted by molar-refractivity contribution is 7.16. The van der Waals surface area contributed by atoms with Gasteiger partial charge in [0.25, 0.3) is 5.91 Å².